The summed E-state index contributed by atoms with van der Waals surface area (Å²) in [5.74, 6) is -0.213. The number of alkyl carbamates (subject to hydrolysis) is 1. The number of nitrogens with one attached hydrogen (secondary N) is 1. The standard InChI is InChI=1S/C20H24F3N7O3S/c1-4-5-12-8-13-15(29-6-7-30-14(9-29)27-28-17(30)20(21,22)23)25-18(26-16(13)34-12)33-10-11(2)24-19(31)32-3/h8,11H,4-7,9-10H2,1-3H3,(H,24,31). The van der Waals surface area contributed by atoms with Gasteiger partial charge in [-0.05, 0) is 19.4 Å². The van der Waals surface area contributed by atoms with Crippen LogP contribution in [0.25, 0.3) is 10.2 Å². The van der Waals surface area contributed by atoms with Crippen molar-refractivity contribution in [2.45, 2.75) is 52.0 Å². The van der Waals surface area contributed by atoms with Gasteiger partial charge in [-0.2, -0.15) is 23.1 Å². The molecule has 10 nitrogen and oxygen atoms in total. The number of anilines is 1. The molecule has 34 heavy (non-hydrogen) atoms. The van der Waals surface area contributed by atoms with E-state index in [9.17, 15) is 18.0 Å². The number of fused-ring (bicyclic) bond motifs is 2. The molecule has 0 fully saturated rings. The molecule has 0 saturated heterocycles. The van der Waals surface area contributed by atoms with Gasteiger partial charge in [0, 0.05) is 18.0 Å². The second-order valence-electron chi connectivity index (χ2n) is 7.87. The third-order valence-corrected chi connectivity index (χ3v) is 6.31. The van der Waals surface area contributed by atoms with Gasteiger partial charge in [0.05, 0.1) is 25.1 Å². The average Bonchev–Trinajstić information content (AvgIpc) is 3.40. The number of hydrogen-bond acceptors (Lipinski definition) is 9. The van der Waals surface area contributed by atoms with E-state index in [1.807, 2.05) is 11.0 Å². The monoisotopic (exact) mass is 499 g/mol. The van der Waals surface area contributed by atoms with Crippen LogP contribution < -0.4 is 15.0 Å². The summed E-state index contributed by atoms with van der Waals surface area (Å²) in [5.41, 5.74) is 0. The molecule has 14 heteroatoms. The van der Waals surface area contributed by atoms with Crippen LogP contribution in [0.2, 0.25) is 0 Å². The van der Waals surface area contributed by atoms with Crippen molar-refractivity contribution in [1.29, 1.82) is 0 Å². The van der Waals surface area contributed by atoms with Crippen LogP contribution in [0.3, 0.4) is 0 Å². The second-order valence-corrected chi connectivity index (χ2v) is 8.99. The van der Waals surface area contributed by atoms with Crippen molar-refractivity contribution in [3.63, 3.8) is 0 Å². The fourth-order valence-corrected chi connectivity index (χ4v) is 4.78. The molecule has 1 amide bonds. The van der Waals surface area contributed by atoms with E-state index in [1.54, 1.807) is 6.92 Å². The minimum atomic E-state index is -4.56. The Hall–Kier alpha value is -3.16. The lowest BCUT2D eigenvalue weighted by molar-refractivity contribution is -0.147. The molecule has 0 aliphatic carbocycles. The summed E-state index contributed by atoms with van der Waals surface area (Å²) in [4.78, 5) is 24.2. The summed E-state index contributed by atoms with van der Waals surface area (Å²) in [6.07, 6.45) is -3.30. The van der Waals surface area contributed by atoms with E-state index in [0.29, 0.717) is 12.4 Å². The van der Waals surface area contributed by atoms with Crippen molar-refractivity contribution < 1.29 is 27.4 Å². The Bertz CT molecular complexity index is 1180. The van der Waals surface area contributed by atoms with E-state index in [0.717, 1.165) is 32.5 Å². The number of hydrogen-bond donors (Lipinski definition) is 1. The number of ether oxygens (including phenoxy) is 2. The van der Waals surface area contributed by atoms with Gasteiger partial charge >= 0.3 is 18.3 Å². The van der Waals surface area contributed by atoms with Gasteiger partial charge < -0.3 is 24.3 Å². The summed E-state index contributed by atoms with van der Waals surface area (Å²) in [6.45, 7) is 4.42. The highest BCUT2D eigenvalue weighted by Crippen LogP contribution is 2.35. The molecule has 3 aromatic heterocycles. The van der Waals surface area contributed by atoms with Gasteiger partial charge in [0.2, 0.25) is 5.82 Å². The fraction of sp³-hybridized carbons (Fsp3) is 0.550. The van der Waals surface area contributed by atoms with Gasteiger partial charge in [-0.3, -0.25) is 0 Å². The predicted octanol–water partition coefficient (Wildman–Crippen LogP) is 3.40. The number of carbonyl (C=O) groups excluding carboxylic acids is 1. The summed E-state index contributed by atoms with van der Waals surface area (Å²) in [5, 5.41) is 10.5. The van der Waals surface area contributed by atoms with Crippen molar-refractivity contribution in [1.82, 2.24) is 30.0 Å². The maximum absolute atomic E-state index is 13.2. The molecule has 4 rings (SSSR count). The highest BCUT2D eigenvalue weighted by atomic mass is 32.1. The number of thiophene rings is 1. The van der Waals surface area contributed by atoms with E-state index in [4.69, 9.17) is 4.74 Å². The molecule has 1 aliphatic rings. The van der Waals surface area contributed by atoms with E-state index in [-0.39, 0.29) is 37.6 Å². The van der Waals surface area contributed by atoms with Gasteiger partial charge in [0.1, 0.15) is 17.3 Å². The zero-order chi connectivity index (χ0) is 24.5. The van der Waals surface area contributed by atoms with Crippen LogP contribution >= 0.6 is 11.3 Å². The molecule has 0 saturated carbocycles. The second kappa shape index (κ2) is 9.60. The Morgan fingerprint density at radius 3 is 2.79 bits per heavy atom. The van der Waals surface area contributed by atoms with Crippen LogP contribution in [0, 0.1) is 0 Å². The van der Waals surface area contributed by atoms with Gasteiger partial charge in [0.25, 0.3) is 0 Å². The first-order valence-electron chi connectivity index (χ1n) is 10.7. The number of nitrogens with zero attached hydrogens (tertiary/aromatic N) is 6. The Balaban J connectivity index is 1.63. The summed E-state index contributed by atoms with van der Waals surface area (Å²) < 4.78 is 51.1. The van der Waals surface area contributed by atoms with Crippen LogP contribution in [0.1, 0.15) is 36.8 Å². The lowest BCUT2D eigenvalue weighted by Crippen LogP contribution is -2.37. The molecule has 0 spiro atoms. The molecule has 0 radical (unpaired) electrons. The quantitative estimate of drug-likeness (QED) is 0.527. The van der Waals surface area contributed by atoms with Crippen LogP contribution in [-0.2, 0) is 30.4 Å². The van der Waals surface area contributed by atoms with E-state index in [2.05, 4.69) is 37.1 Å². The van der Waals surface area contributed by atoms with Gasteiger partial charge in [0.15, 0.2) is 5.82 Å². The predicted molar refractivity (Wildman–Crippen MR) is 118 cm³/mol. The first kappa shape index (κ1) is 24.0. The molecule has 0 bridgehead atoms. The lowest BCUT2D eigenvalue weighted by atomic mass is 10.2. The highest BCUT2D eigenvalue weighted by Gasteiger charge is 2.39. The van der Waals surface area contributed by atoms with Crippen molar-refractivity contribution in [2.75, 3.05) is 25.2 Å². The zero-order valence-electron chi connectivity index (χ0n) is 18.8. The molecule has 0 aromatic carbocycles. The Kier molecular flexibility index (Phi) is 6.77. The van der Waals surface area contributed by atoms with Crippen molar-refractivity contribution >= 4 is 33.5 Å². The normalized spacial score (nSPS) is 14.7. The van der Waals surface area contributed by atoms with Crippen LogP contribution in [0.15, 0.2) is 6.07 Å². The minimum absolute atomic E-state index is 0.0743. The number of carbonyl (C=O) groups is 1. The minimum Gasteiger partial charge on any atom is -0.461 e. The van der Waals surface area contributed by atoms with Gasteiger partial charge in [-0.1, -0.05) is 13.3 Å². The number of aryl methyl sites for hydroxylation is 1. The Morgan fingerprint density at radius 2 is 2.09 bits per heavy atom. The average molecular weight is 500 g/mol. The maximum Gasteiger partial charge on any atom is 0.451 e. The third-order valence-electron chi connectivity index (χ3n) is 5.22. The molecular formula is C20H24F3N7O3S. The number of halogens is 3. The third kappa shape index (κ3) is 5.00. The number of amides is 1. The van der Waals surface area contributed by atoms with Crippen LogP contribution in [-0.4, -0.2) is 57.1 Å². The Morgan fingerprint density at radius 1 is 1.29 bits per heavy atom. The summed E-state index contributed by atoms with van der Waals surface area (Å²) in [6, 6.07) is 1.78. The number of aromatic nitrogens is 5. The van der Waals surface area contributed by atoms with Crippen molar-refractivity contribution in [3.8, 4) is 6.01 Å². The molecule has 1 atom stereocenters. The molecule has 3 aromatic rings. The molecule has 184 valence electrons. The van der Waals surface area contributed by atoms with Gasteiger partial charge in [-0.15, -0.1) is 21.5 Å². The van der Waals surface area contributed by atoms with Crippen molar-refractivity contribution in [2.24, 2.45) is 0 Å². The molecule has 1 unspecified atom stereocenters. The maximum atomic E-state index is 13.2. The number of alkyl halides is 3. The van der Waals surface area contributed by atoms with Crippen LogP contribution in [0.4, 0.5) is 23.8 Å². The molecule has 1 N–H and O–H groups in total. The van der Waals surface area contributed by atoms with E-state index < -0.39 is 18.1 Å². The Labute approximate surface area is 197 Å². The lowest BCUT2D eigenvalue weighted by Gasteiger charge is -2.29. The first-order chi connectivity index (χ1) is 16.2. The SMILES string of the molecule is CCCc1cc2c(N3CCn4c(nnc4C(F)(F)F)C3)nc(OCC(C)NC(=O)OC)nc2s1. The molecule has 1 aliphatic heterocycles. The first-order valence-corrected chi connectivity index (χ1v) is 11.5. The van der Waals surface area contributed by atoms with E-state index >= 15 is 0 Å². The molecular weight excluding hydrogens is 475 g/mol. The summed E-state index contributed by atoms with van der Waals surface area (Å²) >= 11 is 1.53. The fourth-order valence-electron chi connectivity index (χ4n) is 3.66. The topological polar surface area (TPSA) is 107 Å². The summed E-state index contributed by atoms with van der Waals surface area (Å²) in [7, 11) is 1.27. The zero-order valence-corrected chi connectivity index (χ0v) is 19.7. The molecule has 4 heterocycles. The largest absolute Gasteiger partial charge is 0.461 e. The van der Waals surface area contributed by atoms with E-state index in [1.165, 1.54) is 18.4 Å². The van der Waals surface area contributed by atoms with Crippen LogP contribution in [0.5, 0.6) is 6.01 Å². The number of rotatable bonds is 7. The number of methoxy groups -OCH3 is 1. The van der Waals surface area contributed by atoms with Crippen molar-refractivity contribution in [3.05, 3.63) is 22.6 Å². The van der Waals surface area contributed by atoms with Gasteiger partial charge in [-0.25, -0.2) is 4.79 Å². The smallest absolute Gasteiger partial charge is 0.451 e. The highest BCUT2D eigenvalue weighted by molar-refractivity contribution is 7.18.